The van der Waals surface area contributed by atoms with Crippen LogP contribution in [0.5, 0.6) is 0 Å². The lowest BCUT2D eigenvalue weighted by Gasteiger charge is -2.25. The molecule has 0 bridgehead atoms. The van der Waals surface area contributed by atoms with Gasteiger partial charge in [0, 0.05) is 0 Å². The molecule has 3 aromatic carbocycles. The van der Waals surface area contributed by atoms with Gasteiger partial charge in [-0.05, 0) is 44.2 Å². The molecule has 1 saturated heterocycles. The highest BCUT2D eigenvalue weighted by atomic mass is 16.6. The van der Waals surface area contributed by atoms with Gasteiger partial charge in [-0.15, -0.1) is 0 Å². The number of aliphatic hydroxyl groups excluding tert-OH is 2. The number of fused-ring (bicyclic) bond motifs is 7. The Labute approximate surface area is 132 Å². The fourth-order valence-electron chi connectivity index (χ4n) is 4.47. The molecule has 2 aliphatic carbocycles. The first-order valence-corrected chi connectivity index (χ1v) is 7.96. The summed E-state index contributed by atoms with van der Waals surface area (Å²) in [7, 11) is 0. The van der Waals surface area contributed by atoms with Crippen molar-refractivity contribution in [3.05, 3.63) is 59.7 Å². The molecule has 0 saturated carbocycles. The van der Waals surface area contributed by atoms with Crippen molar-refractivity contribution >= 4 is 10.8 Å². The number of hydrogen-bond acceptors (Lipinski definition) is 3. The van der Waals surface area contributed by atoms with E-state index in [1.807, 2.05) is 6.07 Å². The summed E-state index contributed by atoms with van der Waals surface area (Å²) in [4.78, 5) is 0. The quantitative estimate of drug-likeness (QED) is 0.490. The van der Waals surface area contributed by atoms with E-state index in [4.69, 9.17) is 4.74 Å². The van der Waals surface area contributed by atoms with Gasteiger partial charge >= 0.3 is 0 Å². The highest BCUT2D eigenvalue weighted by molar-refractivity contribution is 6.16. The molecule has 0 radical (unpaired) electrons. The minimum absolute atomic E-state index is 0.0945. The molecule has 1 aliphatic heterocycles. The van der Waals surface area contributed by atoms with Crippen molar-refractivity contribution in [1.82, 2.24) is 0 Å². The third kappa shape index (κ3) is 1.33. The number of rotatable bonds is 0. The van der Waals surface area contributed by atoms with Crippen LogP contribution in [0.4, 0.5) is 0 Å². The molecule has 2 N–H and O–H groups in total. The molecule has 1 heterocycles. The molecular weight excluding hydrogens is 288 g/mol. The molecular formula is C20H14O3. The summed E-state index contributed by atoms with van der Waals surface area (Å²) in [6.07, 6.45) is -2.07. The molecule has 0 aromatic heterocycles. The van der Waals surface area contributed by atoms with Gasteiger partial charge in [-0.1, -0.05) is 48.5 Å². The molecule has 112 valence electrons. The fourth-order valence-corrected chi connectivity index (χ4v) is 4.47. The van der Waals surface area contributed by atoms with Gasteiger partial charge in [-0.3, -0.25) is 0 Å². The monoisotopic (exact) mass is 302 g/mol. The summed E-state index contributed by atoms with van der Waals surface area (Å²) in [6, 6.07) is 16.8. The minimum atomic E-state index is -0.873. The van der Waals surface area contributed by atoms with Gasteiger partial charge < -0.3 is 14.9 Å². The Bertz CT molecular complexity index is 1000. The second-order valence-corrected chi connectivity index (χ2v) is 6.66. The predicted molar refractivity (Wildman–Crippen MR) is 87.0 cm³/mol. The van der Waals surface area contributed by atoms with Crippen molar-refractivity contribution in [3.63, 3.8) is 0 Å². The SMILES string of the molecule is O[C@@H]1[C@@H]2O[C@@H]2c2c(ccc3c2-c2cccc4cccc-3c24)[C@H]1O. The van der Waals surface area contributed by atoms with Crippen molar-refractivity contribution in [3.8, 4) is 22.3 Å². The average Bonchev–Trinajstić information content (AvgIpc) is 3.32. The van der Waals surface area contributed by atoms with E-state index in [1.165, 1.54) is 33.0 Å². The molecule has 0 amide bonds. The predicted octanol–water partition coefficient (Wildman–Crippen LogP) is 3.34. The average molecular weight is 302 g/mol. The zero-order chi connectivity index (χ0) is 15.3. The lowest BCUT2D eigenvalue weighted by molar-refractivity contribution is 0.0000418. The van der Waals surface area contributed by atoms with Crippen LogP contribution in [0, 0.1) is 0 Å². The Morgan fingerprint density at radius 3 is 2.43 bits per heavy atom. The van der Waals surface area contributed by atoms with Crippen LogP contribution in [0.3, 0.4) is 0 Å². The fraction of sp³-hybridized carbons (Fsp3) is 0.200. The first-order valence-electron chi connectivity index (χ1n) is 7.96. The Morgan fingerprint density at radius 1 is 0.826 bits per heavy atom. The van der Waals surface area contributed by atoms with Crippen molar-refractivity contribution in [2.45, 2.75) is 24.4 Å². The van der Waals surface area contributed by atoms with E-state index in [9.17, 15) is 10.2 Å². The van der Waals surface area contributed by atoms with Gasteiger partial charge in [0.2, 0.25) is 0 Å². The lowest BCUT2D eigenvalue weighted by Crippen LogP contribution is -2.29. The Kier molecular flexibility index (Phi) is 2.03. The van der Waals surface area contributed by atoms with Crippen LogP contribution in [0.15, 0.2) is 48.5 Å². The van der Waals surface area contributed by atoms with E-state index >= 15 is 0 Å². The van der Waals surface area contributed by atoms with Gasteiger partial charge in [0.05, 0.1) is 0 Å². The second kappa shape index (κ2) is 3.82. The van der Waals surface area contributed by atoms with Crippen LogP contribution < -0.4 is 0 Å². The van der Waals surface area contributed by atoms with E-state index in [1.54, 1.807) is 0 Å². The standard InChI is InChI=1S/C20H14O3/c21-17-13-8-7-11-10-5-1-3-9-4-2-6-12(14(9)10)15(11)16(13)19-20(23-19)18(17)22/h1-8,17-22H/t17-,18+,19-,20+/m1/s1. The number of hydrogen-bond donors (Lipinski definition) is 2. The number of epoxide rings is 1. The van der Waals surface area contributed by atoms with Gasteiger partial charge in [-0.25, -0.2) is 0 Å². The molecule has 0 unspecified atom stereocenters. The van der Waals surface area contributed by atoms with Crippen LogP contribution in [0.1, 0.15) is 23.3 Å². The lowest BCUT2D eigenvalue weighted by atomic mass is 9.82. The van der Waals surface area contributed by atoms with E-state index < -0.39 is 12.2 Å². The number of ether oxygens (including phenoxy) is 1. The third-order valence-corrected chi connectivity index (χ3v) is 5.53. The van der Waals surface area contributed by atoms with Crippen molar-refractivity contribution in [2.75, 3.05) is 0 Å². The zero-order valence-corrected chi connectivity index (χ0v) is 12.2. The zero-order valence-electron chi connectivity index (χ0n) is 12.2. The van der Waals surface area contributed by atoms with Gasteiger partial charge in [-0.2, -0.15) is 0 Å². The minimum Gasteiger partial charge on any atom is -0.387 e. The van der Waals surface area contributed by atoms with Crippen molar-refractivity contribution < 1.29 is 14.9 Å². The summed E-state index contributed by atoms with van der Waals surface area (Å²) in [5.41, 5.74) is 6.70. The Morgan fingerprint density at radius 2 is 1.61 bits per heavy atom. The van der Waals surface area contributed by atoms with Crippen LogP contribution in [0.25, 0.3) is 33.0 Å². The molecule has 4 atom stereocenters. The Balaban J connectivity index is 1.76. The molecule has 23 heavy (non-hydrogen) atoms. The van der Waals surface area contributed by atoms with E-state index in [-0.39, 0.29) is 12.2 Å². The smallest absolute Gasteiger partial charge is 0.118 e. The van der Waals surface area contributed by atoms with Gasteiger partial charge in [0.1, 0.15) is 24.4 Å². The molecule has 3 nitrogen and oxygen atoms in total. The molecule has 3 aliphatic rings. The van der Waals surface area contributed by atoms with E-state index in [0.717, 1.165) is 11.1 Å². The normalized spacial score (nSPS) is 29.1. The van der Waals surface area contributed by atoms with Crippen LogP contribution in [0.2, 0.25) is 0 Å². The maximum Gasteiger partial charge on any atom is 0.118 e. The van der Waals surface area contributed by atoms with Crippen LogP contribution in [-0.2, 0) is 4.74 Å². The topological polar surface area (TPSA) is 53.0 Å². The summed E-state index contributed by atoms with van der Waals surface area (Å²) < 4.78 is 5.70. The van der Waals surface area contributed by atoms with Crippen LogP contribution >= 0.6 is 0 Å². The summed E-state index contributed by atoms with van der Waals surface area (Å²) in [6.45, 7) is 0. The number of aliphatic hydroxyl groups is 2. The second-order valence-electron chi connectivity index (χ2n) is 6.66. The highest BCUT2D eigenvalue weighted by Crippen LogP contribution is 2.58. The van der Waals surface area contributed by atoms with E-state index in [2.05, 4.69) is 42.5 Å². The third-order valence-electron chi connectivity index (χ3n) is 5.53. The summed E-state index contributed by atoms with van der Waals surface area (Å²) >= 11 is 0. The molecule has 3 aromatic rings. The first kappa shape index (κ1) is 12.3. The molecule has 6 rings (SSSR count). The summed E-state index contributed by atoms with van der Waals surface area (Å²) in [5.74, 6) is 0. The van der Waals surface area contributed by atoms with Gasteiger partial charge in [0.25, 0.3) is 0 Å². The highest BCUT2D eigenvalue weighted by Gasteiger charge is 2.55. The molecule has 1 fully saturated rings. The largest absolute Gasteiger partial charge is 0.387 e. The first-order chi connectivity index (χ1) is 11.3. The maximum atomic E-state index is 10.4. The summed E-state index contributed by atoms with van der Waals surface area (Å²) in [5, 5.41) is 23.1. The maximum absolute atomic E-state index is 10.4. The van der Waals surface area contributed by atoms with Gasteiger partial charge in [0.15, 0.2) is 0 Å². The van der Waals surface area contributed by atoms with Crippen molar-refractivity contribution in [2.24, 2.45) is 0 Å². The van der Waals surface area contributed by atoms with Crippen molar-refractivity contribution in [1.29, 1.82) is 0 Å². The molecule has 3 heteroatoms. The molecule has 0 spiro atoms. The van der Waals surface area contributed by atoms with Crippen LogP contribution in [-0.4, -0.2) is 22.4 Å². The Hall–Kier alpha value is -2.20. The van der Waals surface area contributed by atoms with E-state index in [0.29, 0.717) is 0 Å². The number of benzene rings is 3.